The van der Waals surface area contributed by atoms with E-state index in [1.54, 1.807) is 31.4 Å². The second-order valence-corrected chi connectivity index (χ2v) is 6.93. The number of aliphatic imine (C=N–C) groups is 1. The summed E-state index contributed by atoms with van der Waals surface area (Å²) in [7, 11) is 1.59. The molecule has 0 aliphatic carbocycles. The van der Waals surface area contributed by atoms with Crippen molar-refractivity contribution in [2.24, 2.45) is 4.99 Å². The fourth-order valence-corrected chi connectivity index (χ4v) is 3.36. The molecule has 1 aliphatic rings. The molecule has 7 heteroatoms. The molecule has 0 fully saturated rings. The van der Waals surface area contributed by atoms with E-state index in [2.05, 4.69) is 11.6 Å². The Kier molecular flexibility index (Phi) is 5.98. The number of amides is 1. The monoisotopic (exact) mass is 402 g/mol. The van der Waals surface area contributed by atoms with Crippen LogP contribution < -0.4 is 9.64 Å². The SMILES string of the molecule is C=CCSC1=NC(=Cc2ccc(OC)cc2)C(=O)N1c1ccc(F)c(Cl)c1. The molecule has 27 heavy (non-hydrogen) atoms. The first kappa shape index (κ1) is 19.2. The van der Waals surface area contributed by atoms with Gasteiger partial charge in [-0.15, -0.1) is 6.58 Å². The van der Waals surface area contributed by atoms with Crippen LogP contribution >= 0.6 is 23.4 Å². The van der Waals surface area contributed by atoms with Gasteiger partial charge in [0.1, 0.15) is 17.3 Å². The average Bonchev–Trinajstić information content (AvgIpc) is 2.98. The number of benzene rings is 2. The lowest BCUT2D eigenvalue weighted by atomic mass is 10.2. The lowest BCUT2D eigenvalue weighted by Gasteiger charge is -2.17. The Labute approximate surface area is 166 Å². The van der Waals surface area contributed by atoms with Crippen LogP contribution in [0.3, 0.4) is 0 Å². The van der Waals surface area contributed by atoms with E-state index >= 15 is 0 Å². The molecule has 0 unspecified atom stereocenters. The van der Waals surface area contributed by atoms with Gasteiger partial charge in [-0.25, -0.2) is 9.38 Å². The zero-order chi connectivity index (χ0) is 19.4. The van der Waals surface area contributed by atoms with Crippen molar-refractivity contribution in [2.75, 3.05) is 17.8 Å². The van der Waals surface area contributed by atoms with Crippen LogP contribution in [0.2, 0.25) is 5.02 Å². The number of ether oxygens (including phenoxy) is 1. The van der Waals surface area contributed by atoms with E-state index in [0.29, 0.717) is 16.6 Å². The normalized spacial score (nSPS) is 15.2. The molecule has 0 bridgehead atoms. The van der Waals surface area contributed by atoms with Crippen molar-refractivity contribution in [3.05, 3.63) is 77.2 Å². The van der Waals surface area contributed by atoms with E-state index in [4.69, 9.17) is 16.3 Å². The summed E-state index contributed by atoms with van der Waals surface area (Å²) in [6, 6.07) is 11.4. The molecule has 2 aromatic carbocycles. The van der Waals surface area contributed by atoms with Gasteiger partial charge in [-0.2, -0.15) is 0 Å². The van der Waals surface area contributed by atoms with E-state index in [1.165, 1.54) is 34.9 Å². The van der Waals surface area contributed by atoms with Gasteiger partial charge in [0.2, 0.25) is 0 Å². The minimum atomic E-state index is -0.543. The van der Waals surface area contributed by atoms with Crippen molar-refractivity contribution in [2.45, 2.75) is 0 Å². The van der Waals surface area contributed by atoms with Crippen molar-refractivity contribution in [1.29, 1.82) is 0 Å². The van der Waals surface area contributed by atoms with Crippen LogP contribution in [-0.4, -0.2) is 23.9 Å². The Balaban J connectivity index is 1.97. The molecular weight excluding hydrogens is 387 g/mol. The fraction of sp³-hybridized carbons (Fsp3) is 0.100. The van der Waals surface area contributed by atoms with Gasteiger partial charge >= 0.3 is 0 Å². The minimum Gasteiger partial charge on any atom is -0.497 e. The van der Waals surface area contributed by atoms with Gasteiger partial charge in [-0.1, -0.05) is 41.6 Å². The maximum absolute atomic E-state index is 13.5. The van der Waals surface area contributed by atoms with Gasteiger partial charge in [-0.3, -0.25) is 9.69 Å². The Bertz CT molecular complexity index is 941. The molecule has 1 heterocycles. The number of thioether (sulfide) groups is 1. The Morgan fingerprint density at radius 3 is 2.67 bits per heavy atom. The highest BCUT2D eigenvalue weighted by molar-refractivity contribution is 8.14. The molecular formula is C20H16ClFN2O2S. The highest BCUT2D eigenvalue weighted by atomic mass is 35.5. The van der Waals surface area contributed by atoms with Gasteiger partial charge in [0, 0.05) is 5.75 Å². The van der Waals surface area contributed by atoms with E-state index < -0.39 is 5.82 Å². The van der Waals surface area contributed by atoms with Crippen molar-refractivity contribution < 1.29 is 13.9 Å². The molecule has 4 nitrogen and oxygen atoms in total. The van der Waals surface area contributed by atoms with E-state index in [0.717, 1.165) is 11.3 Å². The van der Waals surface area contributed by atoms with Gasteiger partial charge in [-0.05, 0) is 42.0 Å². The summed E-state index contributed by atoms with van der Waals surface area (Å²) in [4.78, 5) is 18.8. The van der Waals surface area contributed by atoms with Crippen LogP contribution in [0.4, 0.5) is 10.1 Å². The number of methoxy groups -OCH3 is 1. The number of amidine groups is 1. The number of rotatable bonds is 5. The molecule has 0 spiro atoms. The number of hydrogen-bond acceptors (Lipinski definition) is 4. The van der Waals surface area contributed by atoms with Crippen LogP contribution in [0.25, 0.3) is 6.08 Å². The number of carbonyl (C=O) groups is 1. The summed E-state index contributed by atoms with van der Waals surface area (Å²) >= 11 is 7.24. The van der Waals surface area contributed by atoms with Crippen molar-refractivity contribution in [1.82, 2.24) is 0 Å². The maximum atomic E-state index is 13.5. The Morgan fingerprint density at radius 2 is 2.04 bits per heavy atom. The summed E-state index contributed by atoms with van der Waals surface area (Å²) in [6.07, 6.45) is 3.42. The molecule has 3 rings (SSSR count). The van der Waals surface area contributed by atoms with Crippen LogP contribution in [0.5, 0.6) is 5.75 Å². The third-order valence-corrected chi connectivity index (χ3v) is 4.96. The molecule has 0 saturated heterocycles. The second kappa shape index (κ2) is 8.41. The summed E-state index contributed by atoms with van der Waals surface area (Å²) in [6.45, 7) is 3.69. The molecule has 0 saturated carbocycles. The van der Waals surface area contributed by atoms with Crippen LogP contribution in [0.15, 0.2) is 65.8 Å². The van der Waals surface area contributed by atoms with E-state index in [-0.39, 0.29) is 16.6 Å². The first-order valence-corrected chi connectivity index (χ1v) is 9.37. The minimum absolute atomic E-state index is 0.0547. The molecule has 0 N–H and O–H groups in total. The highest BCUT2D eigenvalue weighted by Gasteiger charge is 2.32. The zero-order valence-corrected chi connectivity index (χ0v) is 16.1. The summed E-state index contributed by atoms with van der Waals surface area (Å²) < 4.78 is 18.6. The van der Waals surface area contributed by atoms with E-state index in [9.17, 15) is 9.18 Å². The van der Waals surface area contributed by atoms with Gasteiger partial charge in [0.25, 0.3) is 5.91 Å². The summed E-state index contributed by atoms with van der Waals surface area (Å²) in [5.41, 5.74) is 1.56. The Morgan fingerprint density at radius 1 is 1.30 bits per heavy atom. The number of hydrogen-bond donors (Lipinski definition) is 0. The van der Waals surface area contributed by atoms with E-state index in [1.807, 2.05) is 12.1 Å². The van der Waals surface area contributed by atoms with Crippen LogP contribution in [0, 0.1) is 5.82 Å². The topological polar surface area (TPSA) is 41.9 Å². The van der Waals surface area contributed by atoms with Crippen LogP contribution in [0.1, 0.15) is 5.56 Å². The van der Waals surface area contributed by atoms with Crippen molar-refractivity contribution >= 4 is 46.2 Å². The Hall–Kier alpha value is -2.57. The first-order chi connectivity index (χ1) is 13.0. The van der Waals surface area contributed by atoms with Gasteiger partial charge < -0.3 is 4.74 Å². The summed E-state index contributed by atoms with van der Waals surface area (Å²) in [5, 5.41) is 0.434. The van der Waals surface area contributed by atoms with Crippen LogP contribution in [-0.2, 0) is 4.79 Å². The number of carbonyl (C=O) groups excluding carboxylic acids is 1. The molecule has 2 aromatic rings. The smallest absolute Gasteiger partial charge is 0.283 e. The quantitative estimate of drug-likeness (QED) is 0.513. The third kappa shape index (κ3) is 4.23. The predicted molar refractivity (Wildman–Crippen MR) is 110 cm³/mol. The standard InChI is InChI=1S/C20H16ClFN2O2S/c1-3-10-27-20-23-18(11-13-4-7-15(26-2)8-5-13)19(25)24(20)14-6-9-17(22)16(21)12-14/h3-9,11-12H,1,10H2,2H3. The largest absolute Gasteiger partial charge is 0.497 e. The number of nitrogens with zero attached hydrogens (tertiary/aromatic N) is 2. The van der Waals surface area contributed by atoms with Gasteiger partial charge in [0.15, 0.2) is 5.17 Å². The predicted octanol–water partition coefficient (Wildman–Crippen LogP) is 5.15. The van der Waals surface area contributed by atoms with Gasteiger partial charge in [0.05, 0.1) is 17.8 Å². The lowest BCUT2D eigenvalue weighted by Crippen LogP contribution is -2.30. The summed E-state index contributed by atoms with van der Waals surface area (Å²) in [5.74, 6) is 0.453. The zero-order valence-electron chi connectivity index (χ0n) is 14.5. The third-order valence-electron chi connectivity index (χ3n) is 3.74. The molecule has 0 atom stereocenters. The maximum Gasteiger partial charge on any atom is 0.283 e. The molecule has 138 valence electrons. The van der Waals surface area contributed by atoms with Crippen molar-refractivity contribution in [3.8, 4) is 5.75 Å². The average molecular weight is 403 g/mol. The first-order valence-electron chi connectivity index (χ1n) is 8.01. The highest BCUT2D eigenvalue weighted by Crippen LogP contribution is 2.31. The number of halogens is 2. The second-order valence-electron chi connectivity index (χ2n) is 5.54. The molecule has 0 radical (unpaired) electrons. The van der Waals surface area contributed by atoms with Crippen molar-refractivity contribution in [3.63, 3.8) is 0 Å². The molecule has 0 aromatic heterocycles. The molecule has 1 amide bonds. The lowest BCUT2D eigenvalue weighted by molar-refractivity contribution is -0.113. The fourth-order valence-electron chi connectivity index (χ4n) is 2.44. The molecule has 1 aliphatic heterocycles. The number of anilines is 1.